The van der Waals surface area contributed by atoms with Crippen molar-refractivity contribution in [3.8, 4) is 0 Å². The van der Waals surface area contributed by atoms with Crippen molar-refractivity contribution in [1.82, 2.24) is 0 Å². The Bertz CT molecular complexity index is 908. The van der Waals surface area contributed by atoms with Crippen LogP contribution in [-0.4, -0.2) is 14.9 Å². The van der Waals surface area contributed by atoms with Crippen molar-refractivity contribution in [2.75, 3.05) is 6.61 Å². The third kappa shape index (κ3) is 4.41. The van der Waals surface area contributed by atoms with E-state index in [1.807, 2.05) is 12.1 Å². The number of benzene rings is 3. The van der Waals surface area contributed by atoms with E-state index in [4.69, 9.17) is 16.0 Å². The number of rotatable bonds is 7. The zero-order chi connectivity index (χ0) is 21.2. The molecule has 0 N–H and O–H groups in total. The summed E-state index contributed by atoms with van der Waals surface area (Å²) in [5.41, 5.74) is 1.37. The first kappa shape index (κ1) is 21.4. The van der Waals surface area contributed by atoms with Gasteiger partial charge in [0.15, 0.2) is 0 Å². The Morgan fingerprint density at radius 3 is 1.83 bits per heavy atom. The molecule has 1 saturated carbocycles. The molecule has 0 aliphatic heterocycles. The maximum Gasteiger partial charge on any atom is 0.261 e. The highest BCUT2D eigenvalue weighted by atomic mass is 35.5. The minimum atomic E-state index is -2.42. The van der Waals surface area contributed by atoms with Crippen LogP contribution in [0.15, 0.2) is 84.9 Å². The summed E-state index contributed by atoms with van der Waals surface area (Å²) in [6, 6.07) is 30.1. The smallest absolute Gasteiger partial charge is 0.261 e. The molecule has 2 unspecified atom stereocenters. The lowest BCUT2D eigenvalue weighted by Crippen LogP contribution is -2.66. The monoisotopic (exact) mass is 434 g/mol. The third-order valence-electron chi connectivity index (χ3n) is 6.41. The Morgan fingerprint density at radius 1 is 0.800 bits per heavy atom. The van der Waals surface area contributed by atoms with Crippen LogP contribution in [0, 0.1) is 11.8 Å². The number of hydrogen-bond donors (Lipinski definition) is 0. The molecule has 156 valence electrons. The van der Waals surface area contributed by atoms with E-state index < -0.39 is 8.32 Å². The molecule has 1 aliphatic carbocycles. The summed E-state index contributed by atoms with van der Waals surface area (Å²) in [4.78, 5) is 0. The van der Waals surface area contributed by atoms with Crippen molar-refractivity contribution in [3.05, 3.63) is 95.5 Å². The van der Waals surface area contributed by atoms with E-state index in [1.54, 1.807) is 0 Å². The highest BCUT2D eigenvalue weighted by molar-refractivity contribution is 6.99. The van der Waals surface area contributed by atoms with Crippen molar-refractivity contribution in [2.45, 2.75) is 38.7 Å². The van der Waals surface area contributed by atoms with Crippen LogP contribution in [0.5, 0.6) is 0 Å². The summed E-state index contributed by atoms with van der Waals surface area (Å²) in [6.07, 6.45) is 2.37. The molecule has 0 radical (unpaired) electrons. The lowest BCUT2D eigenvalue weighted by Gasteiger charge is -2.43. The van der Waals surface area contributed by atoms with E-state index >= 15 is 0 Å². The molecule has 0 aromatic heterocycles. The van der Waals surface area contributed by atoms with Crippen molar-refractivity contribution >= 4 is 30.3 Å². The van der Waals surface area contributed by atoms with Gasteiger partial charge in [0, 0.05) is 11.6 Å². The molecule has 3 heteroatoms. The van der Waals surface area contributed by atoms with E-state index in [0.29, 0.717) is 11.8 Å². The van der Waals surface area contributed by atoms with E-state index in [9.17, 15) is 0 Å². The summed E-state index contributed by atoms with van der Waals surface area (Å²) < 4.78 is 7.10. The fourth-order valence-electron chi connectivity index (χ4n) is 4.68. The van der Waals surface area contributed by atoms with E-state index in [1.165, 1.54) is 22.4 Å². The van der Waals surface area contributed by atoms with Crippen molar-refractivity contribution < 1.29 is 4.43 Å². The van der Waals surface area contributed by atoms with Crippen LogP contribution in [0.2, 0.25) is 10.1 Å². The Labute approximate surface area is 187 Å². The lowest BCUT2D eigenvalue weighted by atomic mass is 10.1. The van der Waals surface area contributed by atoms with E-state index in [0.717, 1.165) is 18.1 Å². The zero-order valence-electron chi connectivity index (χ0n) is 18.1. The molecule has 3 aromatic carbocycles. The summed E-state index contributed by atoms with van der Waals surface area (Å²) >= 11 is 6.04. The third-order valence-corrected chi connectivity index (χ3v) is 11.7. The maximum absolute atomic E-state index is 7.10. The normalized spacial score (nSPS) is 18.9. The van der Waals surface area contributed by atoms with Gasteiger partial charge in [-0.15, -0.1) is 0 Å². The van der Waals surface area contributed by atoms with Crippen LogP contribution in [0.4, 0.5) is 0 Å². The first-order valence-electron chi connectivity index (χ1n) is 10.9. The molecular formula is C27H31ClOSi. The minimum absolute atomic E-state index is 0.0380. The molecule has 2 atom stereocenters. The summed E-state index contributed by atoms with van der Waals surface area (Å²) in [5, 5.41) is 3.56. The average molecular weight is 435 g/mol. The average Bonchev–Trinajstić information content (AvgIpc) is 3.48. The van der Waals surface area contributed by atoms with Crippen LogP contribution >= 0.6 is 11.6 Å². The molecule has 1 aliphatic rings. The quantitative estimate of drug-likeness (QED) is 0.408. The van der Waals surface area contributed by atoms with Crippen molar-refractivity contribution in [1.29, 1.82) is 0 Å². The van der Waals surface area contributed by atoms with Gasteiger partial charge >= 0.3 is 0 Å². The standard InChI is InChI=1S/C27H31ClOSi/c1-27(2,3)30(25-10-6-4-7-11-25,26-12-8-5-9-13-26)29-20-23-19-22(23)18-21-14-16-24(28)17-15-21/h4-17,22-23H,18-20H2,1-3H3. The molecular weight excluding hydrogens is 404 g/mol. The molecule has 0 saturated heterocycles. The van der Waals surface area contributed by atoms with Gasteiger partial charge in [-0.2, -0.15) is 0 Å². The fraction of sp³-hybridized carbons (Fsp3) is 0.333. The van der Waals surface area contributed by atoms with Gasteiger partial charge in [-0.1, -0.05) is 105 Å². The van der Waals surface area contributed by atoms with Crippen molar-refractivity contribution in [3.63, 3.8) is 0 Å². The van der Waals surface area contributed by atoms with Crippen LogP contribution in [0.1, 0.15) is 32.8 Å². The molecule has 0 heterocycles. The predicted molar refractivity (Wildman–Crippen MR) is 130 cm³/mol. The largest absolute Gasteiger partial charge is 0.407 e. The molecule has 0 spiro atoms. The second-order valence-electron chi connectivity index (χ2n) is 9.56. The molecule has 4 rings (SSSR count). The van der Waals surface area contributed by atoms with Gasteiger partial charge in [0.25, 0.3) is 8.32 Å². The van der Waals surface area contributed by atoms with Crippen LogP contribution < -0.4 is 10.4 Å². The second kappa shape index (κ2) is 8.70. The molecule has 1 nitrogen and oxygen atoms in total. The van der Waals surface area contributed by atoms with Crippen LogP contribution in [0.25, 0.3) is 0 Å². The van der Waals surface area contributed by atoms with Crippen molar-refractivity contribution in [2.24, 2.45) is 11.8 Å². The van der Waals surface area contributed by atoms with Gasteiger partial charge in [0.1, 0.15) is 0 Å². The van der Waals surface area contributed by atoms with Crippen LogP contribution in [-0.2, 0) is 10.8 Å². The molecule has 1 fully saturated rings. The summed E-state index contributed by atoms with van der Waals surface area (Å²) in [7, 11) is -2.42. The Balaban J connectivity index is 1.56. The van der Waals surface area contributed by atoms with Gasteiger partial charge in [-0.05, 0) is 57.8 Å². The predicted octanol–water partition coefficient (Wildman–Crippen LogP) is 6.10. The van der Waals surface area contributed by atoms with Crippen LogP contribution in [0.3, 0.4) is 0 Å². The van der Waals surface area contributed by atoms with Gasteiger partial charge in [0.2, 0.25) is 0 Å². The molecule has 30 heavy (non-hydrogen) atoms. The molecule has 3 aromatic rings. The number of hydrogen-bond acceptors (Lipinski definition) is 1. The summed E-state index contributed by atoms with van der Waals surface area (Å²) in [6.45, 7) is 7.87. The SMILES string of the molecule is CC(C)(C)[Si](OCC1CC1Cc1ccc(Cl)cc1)(c1ccccc1)c1ccccc1. The minimum Gasteiger partial charge on any atom is -0.407 e. The highest BCUT2D eigenvalue weighted by Gasteiger charge is 2.51. The van der Waals surface area contributed by atoms with Gasteiger partial charge in [0.05, 0.1) is 0 Å². The second-order valence-corrected chi connectivity index (χ2v) is 14.3. The van der Waals surface area contributed by atoms with E-state index in [2.05, 4.69) is 93.6 Å². The van der Waals surface area contributed by atoms with Gasteiger partial charge in [-0.25, -0.2) is 0 Å². The Morgan fingerprint density at radius 2 is 1.33 bits per heavy atom. The Kier molecular flexibility index (Phi) is 6.20. The molecule has 0 bridgehead atoms. The van der Waals surface area contributed by atoms with E-state index in [-0.39, 0.29) is 5.04 Å². The zero-order valence-corrected chi connectivity index (χ0v) is 19.9. The summed E-state index contributed by atoms with van der Waals surface area (Å²) in [5.74, 6) is 1.35. The first-order valence-corrected chi connectivity index (χ1v) is 13.2. The highest BCUT2D eigenvalue weighted by Crippen LogP contribution is 2.44. The lowest BCUT2D eigenvalue weighted by molar-refractivity contribution is 0.274. The Hall–Kier alpha value is -1.87. The fourth-order valence-corrected chi connectivity index (χ4v) is 9.43. The number of halogens is 1. The van der Waals surface area contributed by atoms with Gasteiger partial charge < -0.3 is 4.43 Å². The first-order chi connectivity index (χ1) is 14.4. The molecule has 0 amide bonds. The topological polar surface area (TPSA) is 9.23 Å². The maximum atomic E-state index is 7.10. The van der Waals surface area contributed by atoms with Gasteiger partial charge in [-0.3, -0.25) is 0 Å².